The van der Waals surface area contributed by atoms with Crippen molar-refractivity contribution in [1.29, 1.82) is 0 Å². The number of likely N-dealkylation sites (N-methyl/N-ethyl adjacent to an activating group) is 1. The van der Waals surface area contributed by atoms with Gasteiger partial charge in [0.2, 0.25) is 0 Å². The van der Waals surface area contributed by atoms with Gasteiger partial charge in [-0.15, -0.1) is 6.58 Å². The third-order valence-corrected chi connectivity index (χ3v) is 3.36. The molecule has 1 nitrogen and oxygen atoms in total. The maximum absolute atomic E-state index is 13.9. The summed E-state index contributed by atoms with van der Waals surface area (Å²) in [7, 11) is 1.32. The Morgan fingerprint density at radius 1 is 1.27 bits per heavy atom. The van der Waals surface area contributed by atoms with E-state index in [1.807, 2.05) is 0 Å². The molecule has 0 fully saturated rings. The molecule has 0 bridgehead atoms. The van der Waals surface area contributed by atoms with Crippen LogP contribution in [0.1, 0.15) is 30.7 Å². The summed E-state index contributed by atoms with van der Waals surface area (Å²) in [4.78, 5) is 1.09. The van der Waals surface area contributed by atoms with Crippen LogP contribution in [-0.2, 0) is 0 Å². The van der Waals surface area contributed by atoms with Crippen LogP contribution in [0.15, 0.2) is 30.9 Å². The molecule has 0 radical (unpaired) electrons. The van der Waals surface area contributed by atoms with E-state index in [2.05, 4.69) is 6.58 Å². The molecule has 1 aromatic carbocycles. The lowest BCUT2D eigenvalue weighted by molar-refractivity contribution is -0.143. The first-order chi connectivity index (χ1) is 10.2. The van der Waals surface area contributed by atoms with Gasteiger partial charge in [-0.1, -0.05) is 18.2 Å². The summed E-state index contributed by atoms with van der Waals surface area (Å²) >= 11 is 0. The van der Waals surface area contributed by atoms with Crippen molar-refractivity contribution in [3.05, 3.63) is 48.1 Å². The lowest BCUT2D eigenvalue weighted by Crippen LogP contribution is -2.34. The van der Waals surface area contributed by atoms with Gasteiger partial charge in [0.1, 0.15) is 0 Å². The minimum atomic E-state index is -4.32. The molecule has 1 aromatic rings. The lowest BCUT2D eigenvalue weighted by Gasteiger charge is -2.25. The van der Waals surface area contributed by atoms with Gasteiger partial charge >= 0.3 is 6.18 Å². The maximum Gasteiger partial charge on any atom is 0.401 e. The second-order valence-electron chi connectivity index (χ2n) is 5.37. The van der Waals surface area contributed by atoms with Crippen molar-refractivity contribution in [2.75, 3.05) is 20.1 Å². The molecule has 0 spiro atoms. The fourth-order valence-corrected chi connectivity index (χ4v) is 2.44. The molecule has 0 N–H and O–H groups in total. The largest absolute Gasteiger partial charge is 0.401 e. The van der Waals surface area contributed by atoms with E-state index in [1.54, 1.807) is 6.08 Å². The SMILES string of the molecule is C=CCCCC(CN(C)CC(F)(F)F)c1cccc(F)c1F. The Kier molecular flexibility index (Phi) is 7.00. The average molecular weight is 321 g/mol. The number of halogens is 5. The second kappa shape index (κ2) is 8.27. The molecule has 1 atom stereocenters. The molecular weight excluding hydrogens is 301 g/mol. The predicted octanol–water partition coefficient (Wildman–Crippen LogP) is 4.90. The molecule has 0 heterocycles. The van der Waals surface area contributed by atoms with E-state index in [4.69, 9.17) is 0 Å². The van der Waals surface area contributed by atoms with Crippen molar-refractivity contribution in [3.63, 3.8) is 0 Å². The standard InChI is InChI=1S/C16H20F5N/c1-3-4-5-7-12(10-22(2)11-16(19,20)21)13-8-6-9-14(17)15(13)18/h3,6,8-9,12H,1,4-5,7,10-11H2,2H3. The van der Waals surface area contributed by atoms with Crippen LogP contribution in [0.4, 0.5) is 22.0 Å². The molecule has 0 amide bonds. The van der Waals surface area contributed by atoms with Gasteiger partial charge in [-0.05, 0) is 43.9 Å². The third kappa shape index (κ3) is 6.13. The summed E-state index contributed by atoms with van der Waals surface area (Å²) in [6.07, 6.45) is -0.825. The number of benzene rings is 1. The van der Waals surface area contributed by atoms with Crippen LogP contribution < -0.4 is 0 Å². The molecule has 22 heavy (non-hydrogen) atoms. The van der Waals surface area contributed by atoms with E-state index < -0.39 is 30.3 Å². The highest BCUT2D eigenvalue weighted by Gasteiger charge is 2.30. The molecule has 0 aliphatic carbocycles. The lowest BCUT2D eigenvalue weighted by atomic mass is 9.92. The van der Waals surface area contributed by atoms with Crippen molar-refractivity contribution in [2.45, 2.75) is 31.4 Å². The van der Waals surface area contributed by atoms with E-state index in [-0.39, 0.29) is 12.1 Å². The van der Waals surface area contributed by atoms with Crippen LogP contribution in [0.25, 0.3) is 0 Å². The van der Waals surface area contributed by atoms with E-state index in [0.29, 0.717) is 19.3 Å². The van der Waals surface area contributed by atoms with E-state index in [1.165, 1.54) is 19.2 Å². The Morgan fingerprint density at radius 2 is 1.95 bits per heavy atom. The van der Waals surface area contributed by atoms with Crippen molar-refractivity contribution in [1.82, 2.24) is 4.90 Å². The van der Waals surface area contributed by atoms with Crippen LogP contribution in [0.5, 0.6) is 0 Å². The van der Waals surface area contributed by atoms with Gasteiger partial charge in [-0.3, -0.25) is 4.90 Å². The number of allylic oxidation sites excluding steroid dienone is 1. The van der Waals surface area contributed by atoms with Crippen LogP contribution in [0.3, 0.4) is 0 Å². The Labute approximate surface area is 127 Å². The first kappa shape index (κ1) is 18.6. The fraction of sp³-hybridized carbons (Fsp3) is 0.500. The minimum Gasteiger partial charge on any atom is -0.297 e. The second-order valence-corrected chi connectivity index (χ2v) is 5.37. The van der Waals surface area contributed by atoms with Gasteiger partial charge in [0.15, 0.2) is 11.6 Å². The monoisotopic (exact) mass is 321 g/mol. The van der Waals surface area contributed by atoms with Gasteiger partial charge in [-0.2, -0.15) is 13.2 Å². The number of alkyl halides is 3. The highest BCUT2D eigenvalue weighted by atomic mass is 19.4. The number of rotatable bonds is 8. The first-order valence-electron chi connectivity index (χ1n) is 7.04. The quantitative estimate of drug-likeness (QED) is 0.374. The Hall–Kier alpha value is -1.43. The highest BCUT2D eigenvalue weighted by Crippen LogP contribution is 2.28. The zero-order chi connectivity index (χ0) is 16.8. The maximum atomic E-state index is 13.9. The number of hydrogen-bond acceptors (Lipinski definition) is 1. The summed E-state index contributed by atoms with van der Waals surface area (Å²) < 4.78 is 64.5. The molecule has 0 aromatic heterocycles. The Morgan fingerprint density at radius 3 is 2.55 bits per heavy atom. The summed E-state index contributed by atoms with van der Waals surface area (Å²) in [5.74, 6) is -2.46. The van der Waals surface area contributed by atoms with Gasteiger partial charge in [0.05, 0.1) is 6.54 Å². The topological polar surface area (TPSA) is 3.24 Å². The third-order valence-electron chi connectivity index (χ3n) is 3.36. The molecule has 0 saturated heterocycles. The summed E-state index contributed by atoms with van der Waals surface area (Å²) in [5, 5.41) is 0. The minimum absolute atomic E-state index is 0.0109. The molecule has 1 rings (SSSR count). The first-order valence-corrected chi connectivity index (χ1v) is 7.04. The Balaban J connectivity index is 2.88. The van der Waals surface area contributed by atoms with Gasteiger partial charge in [0, 0.05) is 6.54 Å². The van der Waals surface area contributed by atoms with Gasteiger partial charge in [0.25, 0.3) is 0 Å². The van der Waals surface area contributed by atoms with Crippen LogP contribution >= 0.6 is 0 Å². The summed E-state index contributed by atoms with van der Waals surface area (Å²) in [6.45, 7) is 2.51. The van der Waals surface area contributed by atoms with Gasteiger partial charge < -0.3 is 0 Å². The smallest absolute Gasteiger partial charge is 0.297 e. The average Bonchev–Trinajstić information content (AvgIpc) is 2.39. The number of hydrogen-bond donors (Lipinski definition) is 0. The molecule has 6 heteroatoms. The predicted molar refractivity (Wildman–Crippen MR) is 76.7 cm³/mol. The van der Waals surface area contributed by atoms with Crippen molar-refractivity contribution >= 4 is 0 Å². The van der Waals surface area contributed by atoms with Crippen molar-refractivity contribution in [3.8, 4) is 0 Å². The zero-order valence-electron chi connectivity index (χ0n) is 12.5. The molecule has 0 aliphatic heterocycles. The molecule has 0 saturated carbocycles. The summed E-state index contributed by atoms with van der Waals surface area (Å²) in [6, 6.07) is 3.80. The van der Waals surface area contributed by atoms with Crippen LogP contribution in [0, 0.1) is 11.6 Å². The van der Waals surface area contributed by atoms with E-state index >= 15 is 0 Å². The normalized spacial score (nSPS) is 13.4. The molecular formula is C16H20F5N. The number of nitrogens with zero attached hydrogens (tertiary/aromatic N) is 1. The van der Waals surface area contributed by atoms with Gasteiger partial charge in [-0.25, -0.2) is 8.78 Å². The molecule has 0 aliphatic rings. The van der Waals surface area contributed by atoms with E-state index in [9.17, 15) is 22.0 Å². The Bertz CT molecular complexity index is 484. The highest BCUT2D eigenvalue weighted by molar-refractivity contribution is 5.23. The summed E-state index contributed by atoms with van der Waals surface area (Å²) in [5.41, 5.74) is 0.123. The fourth-order valence-electron chi connectivity index (χ4n) is 2.44. The van der Waals surface area contributed by atoms with Crippen molar-refractivity contribution in [2.24, 2.45) is 0 Å². The van der Waals surface area contributed by atoms with E-state index in [0.717, 1.165) is 11.0 Å². The molecule has 124 valence electrons. The van der Waals surface area contributed by atoms with Crippen LogP contribution in [-0.4, -0.2) is 31.2 Å². The number of unbranched alkanes of at least 4 members (excludes halogenated alkanes) is 1. The van der Waals surface area contributed by atoms with Crippen molar-refractivity contribution < 1.29 is 22.0 Å². The molecule has 1 unspecified atom stereocenters. The zero-order valence-corrected chi connectivity index (χ0v) is 12.5. The van der Waals surface area contributed by atoms with Crippen LogP contribution in [0.2, 0.25) is 0 Å².